The van der Waals surface area contributed by atoms with Gasteiger partial charge in [0.05, 0.1) is 30.7 Å². The highest BCUT2D eigenvalue weighted by atomic mass is 32.2. The van der Waals surface area contributed by atoms with Gasteiger partial charge in [-0.3, -0.25) is 21.3 Å². The highest BCUT2D eigenvalue weighted by Crippen LogP contribution is 2.40. The first-order chi connectivity index (χ1) is 35.1. The highest BCUT2D eigenvalue weighted by Gasteiger charge is 2.24. The third kappa shape index (κ3) is 25.6. The minimum absolute atomic E-state index is 0. The number of aromatic amines is 2. The fourth-order valence-corrected chi connectivity index (χ4v) is 8.96. The SMILES string of the molecule is CC(C)=O.CC(C)=O.O.O.O.O.O.O.O.O.O=S(=O)([O-])c1cc2c(O)c(c1)Cc1cc(S(=O)(=O)[O-])cc(c1O)Cc1cc(S(=O)(=O)[O-])cc(c1O)Cc1cc(S(=O)(=O)[O-])cc(c1O)C2.[NH3+]NC(=O)c1cc[nH+]cc1.[NH3+]NC(=O)c1cc[nH+]cc1. The van der Waals surface area contributed by atoms with Crippen LogP contribution in [0.3, 0.4) is 0 Å². The minimum atomic E-state index is -5.29. The first-order valence-corrected chi connectivity index (χ1v) is 27.0. The Balaban J connectivity index is -0.000000349. The number of quaternary nitrogens is 2. The lowest BCUT2D eigenvalue weighted by Crippen LogP contribution is -2.67. The molecule has 0 atom stereocenters. The Kier molecular flexibility index (Phi) is 37.8. The summed E-state index contributed by atoms with van der Waals surface area (Å²) in [5, 5.41) is 44.6. The molecule has 0 fully saturated rings. The van der Waals surface area contributed by atoms with Crippen molar-refractivity contribution in [3.05, 3.63) is 153 Å². The van der Waals surface area contributed by atoms with Crippen molar-refractivity contribution in [2.75, 3.05) is 0 Å². The third-order valence-electron chi connectivity index (χ3n) is 9.93. The lowest BCUT2D eigenvalue weighted by Gasteiger charge is -2.21. The van der Waals surface area contributed by atoms with Gasteiger partial charge in [0, 0.05) is 49.9 Å². The second-order valence-electron chi connectivity index (χ2n) is 16.3. The van der Waals surface area contributed by atoms with Crippen LogP contribution in [0.15, 0.2) is 117 Å². The maximum atomic E-state index is 12.1. The van der Waals surface area contributed by atoms with Gasteiger partial charge in [-0.15, -0.1) is 0 Å². The summed E-state index contributed by atoms with van der Waals surface area (Å²) in [5.41, 5.74) is 2.27. The van der Waals surface area contributed by atoms with Crippen LogP contribution in [0.4, 0.5) is 0 Å². The number of nitrogens with one attached hydrogen (secondary N) is 4. The number of Topliss-reactive ketones (excluding diaryl/α,β-unsaturated/α-hetero) is 2. The predicted molar refractivity (Wildman–Crippen MR) is 284 cm³/mol. The zero-order valence-electron chi connectivity index (χ0n) is 44.4. The molecule has 0 aliphatic heterocycles. The normalized spacial score (nSPS) is 10.8. The van der Waals surface area contributed by atoms with Gasteiger partial charge in [0.25, 0.3) is 11.8 Å². The molecule has 1 aliphatic rings. The van der Waals surface area contributed by atoms with Crippen LogP contribution in [0.2, 0.25) is 0 Å². The molecule has 0 saturated heterocycles. The van der Waals surface area contributed by atoms with Crippen LogP contribution in [-0.4, -0.2) is 139 Å². The summed E-state index contributed by atoms with van der Waals surface area (Å²) < 4.78 is 145. The summed E-state index contributed by atoms with van der Waals surface area (Å²) in [5.74, 6) is 3.42. The van der Waals surface area contributed by atoms with Crippen molar-refractivity contribution in [3.8, 4) is 23.0 Å². The number of phenolic OH excluding ortho intramolecular Hbond substituents is 4. The van der Waals surface area contributed by atoms with Crippen molar-refractivity contribution in [1.82, 2.24) is 10.9 Å². The molecule has 4 aromatic carbocycles. The van der Waals surface area contributed by atoms with E-state index < -0.39 is 153 Å². The lowest BCUT2D eigenvalue weighted by atomic mass is 9.91. The fourth-order valence-electron chi connectivity index (χ4n) is 6.67. The molecule has 2 heterocycles. The fraction of sp³-hybridized carbons (Fsp3) is 0.174. The maximum Gasteiger partial charge on any atom is 0.296 e. The second-order valence-corrected chi connectivity index (χ2v) is 21.8. The quantitative estimate of drug-likeness (QED) is 0.0566. The Bertz CT molecular complexity index is 3120. The Labute approximate surface area is 478 Å². The number of aromatic hydroxyl groups is 4. The Morgan fingerprint density at radius 1 is 0.381 bits per heavy atom. The summed E-state index contributed by atoms with van der Waals surface area (Å²) >= 11 is 0. The van der Waals surface area contributed by atoms with Gasteiger partial charge >= 0.3 is 0 Å². The number of hydrogen-bond donors (Lipinski definition) is 8. The van der Waals surface area contributed by atoms with Gasteiger partial charge in [0.1, 0.15) is 75.0 Å². The molecule has 2 aromatic heterocycles. The lowest BCUT2D eigenvalue weighted by molar-refractivity contribution is -0.423. The molecule has 30 N–H and O–H groups in total. The number of amides is 2. The number of ketones is 2. The van der Waals surface area contributed by atoms with Crippen molar-refractivity contribution in [3.63, 3.8) is 0 Å². The molecule has 6 aromatic rings. The number of carbonyl (C=O) groups is 4. The number of H-pyrrole nitrogens is 2. The van der Waals surface area contributed by atoms with E-state index in [9.17, 15) is 91.5 Å². The molecule has 0 radical (unpaired) electrons. The molecule has 38 heteroatoms. The van der Waals surface area contributed by atoms with Gasteiger partial charge in [-0.05, 0) is 121 Å². The molecular weight excluding hydrogens is 1210 g/mol. The van der Waals surface area contributed by atoms with Crippen molar-refractivity contribution >= 4 is 63.9 Å². The van der Waals surface area contributed by atoms with Crippen molar-refractivity contribution in [1.29, 1.82) is 0 Å². The van der Waals surface area contributed by atoms with Gasteiger partial charge in [-0.25, -0.2) is 54.5 Å². The van der Waals surface area contributed by atoms with Crippen molar-refractivity contribution in [2.45, 2.75) is 73.0 Å². The smallest absolute Gasteiger partial charge is 0.296 e. The van der Waals surface area contributed by atoms with E-state index in [1.807, 2.05) is 0 Å². The molecule has 1 aliphatic carbocycles. The summed E-state index contributed by atoms with van der Waals surface area (Å²) in [6.45, 7) is 6.11. The van der Waals surface area contributed by atoms with Crippen molar-refractivity contribution < 1.29 is 157 Å². The Morgan fingerprint density at radius 3 is 0.643 bits per heavy atom. The summed E-state index contributed by atoms with van der Waals surface area (Å²) in [6.07, 6.45) is 3.70. The first kappa shape index (κ1) is 87.1. The number of rotatable bonds is 6. The second kappa shape index (κ2) is 36.5. The standard InChI is InChI=1S/C28H24O16S4.2C6H7N3O.2C3H6O.8H2O/c29-25-13-1-14-6-22(46(36,37)38)8-16(26(14)30)3-18-10-24(48(42,43)44)12-20(28(18)32)4-19-11-23(47(39,40)41)9-17(27(19)31)2-15(25)7-21(5-13)45(33,34)35;2*7-9-6(10)5-1-3-8-4-2-5;2*1-3(2)4;;;;;;;;/h5-12,29-32H,1-4H2,(H,33,34,35)(H,36,37,38)(H,39,40,41)(H,42,43,44);2*1-4H,7H2,(H,9,10);2*1-2H3;8*1H2. The average molecular weight is 1280 g/mol. The third-order valence-corrected chi connectivity index (χ3v) is 13.2. The highest BCUT2D eigenvalue weighted by molar-refractivity contribution is 7.86. The Hall–Kier alpha value is -8.10. The van der Waals surface area contributed by atoms with E-state index in [4.69, 9.17) is 0 Å². The van der Waals surface area contributed by atoms with E-state index in [2.05, 4.69) is 32.5 Å². The van der Waals surface area contributed by atoms with E-state index >= 15 is 0 Å². The molecule has 0 spiro atoms. The van der Waals surface area contributed by atoms with Gasteiger partial charge in [-0.2, -0.15) is 0 Å². The average Bonchev–Trinajstić information content (AvgIpc) is 3.32. The molecule has 7 rings (SSSR count). The number of hydrogen-bond acceptors (Lipinski definition) is 20. The molecule has 0 saturated carbocycles. The van der Waals surface area contributed by atoms with Crippen LogP contribution in [0.5, 0.6) is 23.0 Å². The number of benzene rings is 4. The van der Waals surface area contributed by atoms with Crippen LogP contribution >= 0.6 is 0 Å². The number of fused-ring (bicyclic) bond motifs is 8. The molecule has 84 heavy (non-hydrogen) atoms. The van der Waals surface area contributed by atoms with Gasteiger partial charge < -0.3 is 92.0 Å². The molecule has 34 nitrogen and oxygen atoms in total. The zero-order chi connectivity index (χ0) is 57.7. The summed E-state index contributed by atoms with van der Waals surface area (Å²) in [6, 6.07) is 12.2. The number of pyridine rings is 2. The van der Waals surface area contributed by atoms with Crippen LogP contribution in [0, 0.1) is 0 Å². The van der Waals surface area contributed by atoms with E-state index in [0.717, 1.165) is 0 Å². The first-order valence-electron chi connectivity index (χ1n) is 21.3. The number of carbonyl (C=O) groups excluding carboxylic acids is 4. The molecule has 472 valence electrons. The monoisotopic (exact) mass is 1280 g/mol. The number of phenols is 4. The predicted octanol–water partition coefficient (Wildman–Crippen LogP) is -7.83. The molecular formula is C46H66N6O28S4. The van der Waals surface area contributed by atoms with Crippen LogP contribution in [-0.2, 0) is 75.7 Å². The summed E-state index contributed by atoms with van der Waals surface area (Å²) in [7, 11) is -21.1. The number of aromatic nitrogens is 2. The van der Waals surface area contributed by atoms with E-state index in [1.54, 1.807) is 49.1 Å². The van der Waals surface area contributed by atoms with Crippen LogP contribution in [0.25, 0.3) is 0 Å². The van der Waals surface area contributed by atoms with Crippen molar-refractivity contribution in [2.24, 2.45) is 0 Å². The Morgan fingerprint density at radius 2 is 0.524 bits per heavy atom. The van der Waals surface area contributed by atoms with E-state index in [-0.39, 0.29) is 67.2 Å². The van der Waals surface area contributed by atoms with Crippen LogP contribution in [0.1, 0.15) is 92.9 Å². The van der Waals surface area contributed by atoms with Crippen LogP contribution < -0.4 is 32.5 Å². The molecule has 0 unspecified atom stereocenters. The topological polar surface area (TPSA) is 738 Å². The molecule has 8 bridgehead atoms. The van der Waals surface area contributed by atoms with Gasteiger partial charge in [0.2, 0.25) is 0 Å². The van der Waals surface area contributed by atoms with Gasteiger partial charge in [0.15, 0.2) is 24.8 Å². The zero-order valence-corrected chi connectivity index (χ0v) is 47.7. The minimum Gasteiger partial charge on any atom is -0.744 e. The van der Waals surface area contributed by atoms with E-state index in [0.29, 0.717) is 59.7 Å². The molecule has 2 amide bonds. The largest absolute Gasteiger partial charge is 0.744 e. The van der Waals surface area contributed by atoms with Gasteiger partial charge in [-0.1, -0.05) is 0 Å². The summed E-state index contributed by atoms with van der Waals surface area (Å²) in [4.78, 5) is 42.4. The maximum absolute atomic E-state index is 12.1. The van der Waals surface area contributed by atoms with E-state index in [1.165, 1.54) is 27.7 Å².